The highest BCUT2D eigenvalue weighted by molar-refractivity contribution is 5.90. The Labute approximate surface area is 124 Å². The molecule has 1 saturated heterocycles. The molecule has 1 aromatic rings. The van der Waals surface area contributed by atoms with E-state index < -0.39 is 5.97 Å². The van der Waals surface area contributed by atoms with Gasteiger partial charge in [-0.2, -0.15) is 0 Å². The molecule has 1 aliphatic rings. The van der Waals surface area contributed by atoms with E-state index in [0.717, 1.165) is 13.0 Å². The maximum Gasteiger partial charge on any atom is 0.337 e. The van der Waals surface area contributed by atoms with Crippen molar-refractivity contribution in [3.8, 4) is 11.5 Å². The van der Waals surface area contributed by atoms with E-state index in [9.17, 15) is 9.90 Å². The van der Waals surface area contributed by atoms with Crippen molar-refractivity contribution in [2.75, 3.05) is 34.4 Å². The fraction of sp³-hybridized carbons (Fsp3) is 0.533. The summed E-state index contributed by atoms with van der Waals surface area (Å²) in [6, 6.07) is 3.17. The molecule has 1 aliphatic heterocycles. The van der Waals surface area contributed by atoms with Gasteiger partial charge in [-0.25, -0.2) is 4.79 Å². The third-order valence-electron chi connectivity index (χ3n) is 4.07. The van der Waals surface area contributed by atoms with Gasteiger partial charge in [0, 0.05) is 18.2 Å². The van der Waals surface area contributed by atoms with Crippen molar-refractivity contribution in [3.05, 3.63) is 23.3 Å². The van der Waals surface area contributed by atoms with Gasteiger partial charge in [-0.05, 0) is 38.1 Å². The minimum atomic E-state index is -0.453. The minimum absolute atomic E-state index is 0.0112. The molecule has 0 saturated carbocycles. The third kappa shape index (κ3) is 2.96. The zero-order valence-corrected chi connectivity index (χ0v) is 12.6. The van der Waals surface area contributed by atoms with Gasteiger partial charge in [-0.1, -0.05) is 0 Å². The summed E-state index contributed by atoms with van der Waals surface area (Å²) in [5.74, 6) is 0.273. The number of benzene rings is 1. The van der Waals surface area contributed by atoms with Gasteiger partial charge in [-0.15, -0.1) is 0 Å². The molecule has 1 aromatic carbocycles. The van der Waals surface area contributed by atoms with Crippen molar-refractivity contribution in [1.82, 2.24) is 4.90 Å². The van der Waals surface area contributed by atoms with E-state index in [-0.39, 0.29) is 17.5 Å². The van der Waals surface area contributed by atoms with Gasteiger partial charge in [0.15, 0.2) is 11.5 Å². The molecule has 2 rings (SSSR count). The van der Waals surface area contributed by atoms with Crippen molar-refractivity contribution < 1.29 is 19.4 Å². The number of methoxy groups -OCH3 is 2. The van der Waals surface area contributed by atoms with E-state index in [1.807, 2.05) is 7.05 Å². The second kappa shape index (κ2) is 6.32. The minimum Gasteiger partial charge on any atom is -0.504 e. The Morgan fingerprint density at radius 1 is 1.48 bits per heavy atom. The van der Waals surface area contributed by atoms with Gasteiger partial charge in [0.2, 0.25) is 0 Å². The zero-order chi connectivity index (χ0) is 15.6. The fourth-order valence-corrected chi connectivity index (χ4v) is 2.91. The SMILES string of the molecule is COC(=O)c1cc(OC)c(O)c(C2CC(CN)CN2C)c1. The summed E-state index contributed by atoms with van der Waals surface area (Å²) in [6.45, 7) is 1.47. The monoisotopic (exact) mass is 294 g/mol. The highest BCUT2D eigenvalue weighted by Gasteiger charge is 2.33. The van der Waals surface area contributed by atoms with Crippen molar-refractivity contribution in [2.45, 2.75) is 12.5 Å². The molecule has 2 atom stereocenters. The summed E-state index contributed by atoms with van der Waals surface area (Å²) in [6.07, 6.45) is 0.842. The summed E-state index contributed by atoms with van der Waals surface area (Å²) < 4.78 is 9.92. The number of hydrogen-bond acceptors (Lipinski definition) is 6. The van der Waals surface area contributed by atoms with Crippen LogP contribution in [0.2, 0.25) is 0 Å². The van der Waals surface area contributed by atoms with Crippen LogP contribution in [0.4, 0.5) is 0 Å². The van der Waals surface area contributed by atoms with Crippen molar-refractivity contribution in [3.63, 3.8) is 0 Å². The van der Waals surface area contributed by atoms with Crippen molar-refractivity contribution in [1.29, 1.82) is 0 Å². The van der Waals surface area contributed by atoms with E-state index >= 15 is 0 Å². The number of likely N-dealkylation sites (tertiary alicyclic amines) is 1. The van der Waals surface area contributed by atoms with Crippen molar-refractivity contribution in [2.24, 2.45) is 11.7 Å². The molecule has 0 bridgehead atoms. The Hall–Kier alpha value is -1.79. The first-order chi connectivity index (χ1) is 10.0. The van der Waals surface area contributed by atoms with Crippen LogP contribution in [0.5, 0.6) is 11.5 Å². The summed E-state index contributed by atoms with van der Waals surface area (Å²) in [5, 5.41) is 10.4. The van der Waals surface area contributed by atoms with Crippen LogP contribution in [0.1, 0.15) is 28.4 Å². The average Bonchev–Trinajstić information content (AvgIpc) is 2.87. The summed E-state index contributed by atoms with van der Waals surface area (Å²) in [5.41, 5.74) is 6.78. The van der Waals surface area contributed by atoms with Gasteiger partial charge in [-0.3, -0.25) is 4.90 Å². The number of carbonyl (C=O) groups is 1. The lowest BCUT2D eigenvalue weighted by Crippen LogP contribution is -2.21. The predicted molar refractivity (Wildman–Crippen MR) is 78.5 cm³/mol. The molecule has 1 heterocycles. The van der Waals surface area contributed by atoms with Crippen LogP contribution in [-0.4, -0.2) is 50.3 Å². The van der Waals surface area contributed by atoms with Gasteiger partial charge >= 0.3 is 5.97 Å². The van der Waals surface area contributed by atoms with Crippen LogP contribution in [0, 0.1) is 5.92 Å². The summed E-state index contributed by atoms with van der Waals surface area (Å²) in [4.78, 5) is 13.9. The van der Waals surface area contributed by atoms with E-state index in [1.165, 1.54) is 20.3 Å². The van der Waals surface area contributed by atoms with Gasteiger partial charge in [0.25, 0.3) is 0 Å². The molecule has 0 spiro atoms. The summed E-state index contributed by atoms with van der Waals surface area (Å²) >= 11 is 0. The normalized spacial score (nSPS) is 22.3. The van der Waals surface area contributed by atoms with Crippen molar-refractivity contribution >= 4 is 5.97 Å². The molecule has 6 nitrogen and oxygen atoms in total. The number of ether oxygens (including phenoxy) is 2. The molecular formula is C15H22N2O4. The van der Waals surface area contributed by atoms with Gasteiger partial charge in [0.05, 0.1) is 19.8 Å². The maximum absolute atomic E-state index is 11.8. The summed E-state index contributed by atoms with van der Waals surface area (Å²) in [7, 11) is 4.77. The highest BCUT2D eigenvalue weighted by Crippen LogP contribution is 2.42. The number of aromatic hydroxyl groups is 1. The molecular weight excluding hydrogens is 272 g/mol. The molecule has 0 aromatic heterocycles. The number of nitrogens with zero attached hydrogens (tertiary/aromatic N) is 1. The Balaban J connectivity index is 2.44. The molecule has 2 unspecified atom stereocenters. The first-order valence-corrected chi connectivity index (χ1v) is 6.91. The molecule has 21 heavy (non-hydrogen) atoms. The van der Waals surface area contributed by atoms with Gasteiger partial charge in [0.1, 0.15) is 0 Å². The number of phenolic OH excluding ortho intramolecular Hbond substituents is 1. The fourth-order valence-electron chi connectivity index (χ4n) is 2.91. The lowest BCUT2D eigenvalue weighted by Gasteiger charge is -2.22. The number of hydrogen-bond donors (Lipinski definition) is 2. The Morgan fingerprint density at radius 2 is 2.19 bits per heavy atom. The maximum atomic E-state index is 11.8. The van der Waals surface area contributed by atoms with Crippen LogP contribution in [0.25, 0.3) is 0 Å². The lowest BCUT2D eigenvalue weighted by molar-refractivity contribution is 0.0600. The predicted octanol–water partition coefficient (Wildman–Crippen LogP) is 1.14. The molecule has 3 N–H and O–H groups in total. The van der Waals surface area contributed by atoms with Crippen LogP contribution < -0.4 is 10.5 Å². The Kier molecular flexibility index (Phi) is 4.69. The van der Waals surface area contributed by atoms with Crippen LogP contribution in [-0.2, 0) is 4.74 Å². The molecule has 116 valence electrons. The number of phenols is 1. The smallest absolute Gasteiger partial charge is 0.337 e. The van der Waals surface area contributed by atoms with Crippen LogP contribution in [0.15, 0.2) is 12.1 Å². The second-order valence-corrected chi connectivity index (χ2v) is 5.40. The molecule has 6 heteroatoms. The number of esters is 1. The van der Waals surface area contributed by atoms with E-state index in [0.29, 0.717) is 23.6 Å². The van der Waals surface area contributed by atoms with Gasteiger partial charge < -0.3 is 20.3 Å². The quantitative estimate of drug-likeness (QED) is 0.810. The van der Waals surface area contributed by atoms with E-state index in [2.05, 4.69) is 4.90 Å². The average molecular weight is 294 g/mol. The number of rotatable bonds is 4. The first kappa shape index (κ1) is 15.6. The lowest BCUT2D eigenvalue weighted by atomic mass is 9.97. The third-order valence-corrected chi connectivity index (χ3v) is 4.07. The van der Waals surface area contributed by atoms with Crippen LogP contribution >= 0.6 is 0 Å². The largest absolute Gasteiger partial charge is 0.504 e. The number of nitrogens with two attached hydrogens (primary N) is 1. The second-order valence-electron chi connectivity index (χ2n) is 5.40. The molecule has 0 aliphatic carbocycles. The standard InChI is InChI=1S/C15H22N2O4/c1-17-8-9(7-16)4-12(17)11-5-10(15(19)21-3)6-13(20-2)14(11)18/h5-6,9,12,18H,4,7-8,16H2,1-3H3. The highest BCUT2D eigenvalue weighted by atomic mass is 16.5. The Bertz CT molecular complexity index is 533. The topological polar surface area (TPSA) is 85.0 Å². The van der Waals surface area contributed by atoms with Crippen LogP contribution in [0.3, 0.4) is 0 Å². The molecule has 0 radical (unpaired) electrons. The van der Waals surface area contributed by atoms with E-state index in [1.54, 1.807) is 6.07 Å². The molecule has 1 fully saturated rings. The Morgan fingerprint density at radius 3 is 2.71 bits per heavy atom. The zero-order valence-electron chi connectivity index (χ0n) is 12.6. The number of carbonyl (C=O) groups excluding carboxylic acids is 1. The molecule has 0 amide bonds. The van der Waals surface area contributed by atoms with E-state index in [4.69, 9.17) is 15.2 Å². The first-order valence-electron chi connectivity index (χ1n) is 6.91.